The Morgan fingerprint density at radius 2 is 2.12 bits per heavy atom. The first-order valence-corrected chi connectivity index (χ1v) is 5.87. The Labute approximate surface area is 97.8 Å². The summed E-state index contributed by atoms with van der Waals surface area (Å²) in [6.07, 6.45) is 2.47. The van der Waals surface area contributed by atoms with Gasteiger partial charge in [0.15, 0.2) is 5.78 Å². The zero-order chi connectivity index (χ0) is 12.0. The van der Waals surface area contributed by atoms with Gasteiger partial charge in [0.1, 0.15) is 0 Å². The Kier molecular flexibility index (Phi) is 5.44. The van der Waals surface area contributed by atoms with Gasteiger partial charge in [0.2, 0.25) is 0 Å². The third-order valence-electron chi connectivity index (χ3n) is 3.13. The molecule has 1 aliphatic rings. The van der Waals surface area contributed by atoms with E-state index in [0.717, 1.165) is 19.6 Å². The van der Waals surface area contributed by atoms with Crippen LogP contribution in [0.15, 0.2) is 0 Å². The number of likely N-dealkylation sites (tertiary alicyclic amines) is 1. The summed E-state index contributed by atoms with van der Waals surface area (Å²) in [6, 6.07) is 1.90. The predicted molar refractivity (Wildman–Crippen MR) is 63.0 cm³/mol. The minimum atomic E-state index is 0.0259. The smallest absolute Gasteiger partial charge is 0.160 e. The predicted octanol–water partition coefficient (Wildman–Crippen LogP) is 0.743. The Balaban J connectivity index is 2.21. The standard InChI is InChI=1S/C12H21N3O/c1-14-7-4-11(5-8-14)9-15(2)10-12(16)3-6-13/h11H,3-5,7-10H2,1-2H3. The van der Waals surface area contributed by atoms with Crippen LogP contribution in [0.5, 0.6) is 0 Å². The second kappa shape index (κ2) is 6.62. The van der Waals surface area contributed by atoms with E-state index in [0.29, 0.717) is 12.5 Å². The largest absolute Gasteiger partial charge is 0.306 e. The molecule has 0 aliphatic carbocycles. The van der Waals surface area contributed by atoms with Crippen molar-refractivity contribution in [2.45, 2.75) is 19.3 Å². The summed E-state index contributed by atoms with van der Waals surface area (Å²) in [6.45, 7) is 3.71. The molecule has 0 amide bonds. The van der Waals surface area contributed by atoms with Crippen LogP contribution >= 0.6 is 0 Å². The highest BCUT2D eigenvalue weighted by Crippen LogP contribution is 2.16. The molecule has 0 aromatic rings. The molecule has 0 unspecified atom stereocenters. The van der Waals surface area contributed by atoms with E-state index in [4.69, 9.17) is 5.26 Å². The van der Waals surface area contributed by atoms with Crippen LogP contribution in [0.3, 0.4) is 0 Å². The second-order valence-electron chi connectivity index (χ2n) is 4.82. The molecular weight excluding hydrogens is 202 g/mol. The molecular formula is C12H21N3O. The third kappa shape index (κ3) is 4.73. The van der Waals surface area contributed by atoms with E-state index in [2.05, 4.69) is 16.8 Å². The summed E-state index contributed by atoms with van der Waals surface area (Å²) in [5.74, 6) is 0.731. The van der Waals surface area contributed by atoms with E-state index >= 15 is 0 Å². The van der Waals surface area contributed by atoms with E-state index in [1.165, 1.54) is 12.8 Å². The van der Waals surface area contributed by atoms with Crippen LogP contribution in [0.2, 0.25) is 0 Å². The number of carbonyl (C=O) groups excluding carboxylic acids is 1. The quantitative estimate of drug-likeness (QED) is 0.690. The van der Waals surface area contributed by atoms with Crippen LogP contribution < -0.4 is 0 Å². The van der Waals surface area contributed by atoms with Crippen LogP contribution in [0.1, 0.15) is 19.3 Å². The Morgan fingerprint density at radius 1 is 1.50 bits per heavy atom. The zero-order valence-corrected chi connectivity index (χ0v) is 10.3. The summed E-state index contributed by atoms with van der Waals surface area (Å²) in [7, 11) is 4.12. The molecule has 1 rings (SSSR count). The van der Waals surface area contributed by atoms with Crippen molar-refractivity contribution in [2.24, 2.45) is 5.92 Å². The SMILES string of the molecule is CN1CCC(CN(C)CC(=O)CC#N)CC1. The molecule has 0 saturated carbocycles. The van der Waals surface area contributed by atoms with Gasteiger partial charge >= 0.3 is 0 Å². The molecule has 1 aliphatic heterocycles. The Morgan fingerprint density at radius 3 is 2.69 bits per heavy atom. The molecule has 16 heavy (non-hydrogen) atoms. The molecule has 1 fully saturated rings. The molecule has 0 bridgehead atoms. The lowest BCUT2D eigenvalue weighted by Gasteiger charge is -2.31. The molecule has 0 atom stereocenters. The van der Waals surface area contributed by atoms with Crippen LogP contribution in [0.25, 0.3) is 0 Å². The van der Waals surface area contributed by atoms with Crippen molar-refractivity contribution in [1.29, 1.82) is 5.26 Å². The van der Waals surface area contributed by atoms with Crippen molar-refractivity contribution in [3.05, 3.63) is 0 Å². The second-order valence-corrected chi connectivity index (χ2v) is 4.82. The number of likely N-dealkylation sites (N-methyl/N-ethyl adjacent to an activating group) is 1. The highest BCUT2D eigenvalue weighted by atomic mass is 16.1. The average molecular weight is 223 g/mol. The van der Waals surface area contributed by atoms with Gasteiger partial charge in [-0.3, -0.25) is 9.69 Å². The molecule has 0 spiro atoms. The summed E-state index contributed by atoms with van der Waals surface area (Å²) in [4.78, 5) is 15.7. The lowest BCUT2D eigenvalue weighted by molar-refractivity contribution is -0.119. The van der Waals surface area contributed by atoms with Gasteiger partial charge in [-0.2, -0.15) is 5.26 Å². The lowest BCUT2D eigenvalue weighted by Crippen LogP contribution is -2.37. The van der Waals surface area contributed by atoms with Gasteiger partial charge in [-0.1, -0.05) is 0 Å². The first-order chi connectivity index (χ1) is 7.61. The maximum atomic E-state index is 11.3. The number of nitriles is 1. The van der Waals surface area contributed by atoms with E-state index in [1.54, 1.807) is 0 Å². The van der Waals surface area contributed by atoms with Gasteiger partial charge in [-0.15, -0.1) is 0 Å². The topological polar surface area (TPSA) is 47.3 Å². The third-order valence-corrected chi connectivity index (χ3v) is 3.13. The minimum absolute atomic E-state index is 0.0259. The molecule has 0 N–H and O–H groups in total. The summed E-state index contributed by atoms with van der Waals surface area (Å²) in [5, 5.41) is 8.41. The number of ketones is 1. The number of carbonyl (C=O) groups is 1. The van der Waals surface area contributed by atoms with Gasteiger partial charge in [0.25, 0.3) is 0 Å². The van der Waals surface area contributed by atoms with Gasteiger partial charge in [0, 0.05) is 6.54 Å². The van der Waals surface area contributed by atoms with Crippen LogP contribution in [0, 0.1) is 17.2 Å². The molecule has 0 aromatic heterocycles. The summed E-state index contributed by atoms with van der Waals surface area (Å²) >= 11 is 0. The minimum Gasteiger partial charge on any atom is -0.306 e. The number of nitrogens with zero attached hydrogens (tertiary/aromatic N) is 3. The molecule has 1 heterocycles. The normalized spacial score (nSPS) is 18.6. The fourth-order valence-electron chi connectivity index (χ4n) is 2.20. The van der Waals surface area contributed by atoms with E-state index in [9.17, 15) is 4.79 Å². The van der Waals surface area contributed by atoms with Crippen molar-refractivity contribution >= 4 is 5.78 Å². The highest BCUT2D eigenvalue weighted by Gasteiger charge is 2.18. The average Bonchev–Trinajstić information content (AvgIpc) is 2.21. The first-order valence-electron chi connectivity index (χ1n) is 5.87. The van der Waals surface area contributed by atoms with E-state index in [1.807, 2.05) is 13.1 Å². The highest BCUT2D eigenvalue weighted by molar-refractivity contribution is 5.82. The number of hydrogen-bond donors (Lipinski definition) is 0. The number of piperidine rings is 1. The van der Waals surface area contributed by atoms with E-state index < -0.39 is 0 Å². The monoisotopic (exact) mass is 223 g/mol. The van der Waals surface area contributed by atoms with Crippen LogP contribution in [0.4, 0.5) is 0 Å². The number of Topliss-reactive ketones (excluding diaryl/α,β-unsaturated/α-hetero) is 1. The van der Waals surface area contributed by atoms with Gasteiger partial charge in [-0.05, 0) is 45.9 Å². The van der Waals surface area contributed by atoms with E-state index in [-0.39, 0.29) is 12.2 Å². The van der Waals surface area contributed by atoms with Crippen LogP contribution in [-0.4, -0.2) is 55.9 Å². The van der Waals surface area contributed by atoms with Crippen molar-refractivity contribution < 1.29 is 4.79 Å². The van der Waals surface area contributed by atoms with Crippen molar-refractivity contribution in [2.75, 3.05) is 40.3 Å². The number of rotatable bonds is 5. The van der Waals surface area contributed by atoms with Crippen molar-refractivity contribution in [3.8, 4) is 6.07 Å². The molecule has 4 heteroatoms. The lowest BCUT2D eigenvalue weighted by atomic mass is 9.96. The van der Waals surface area contributed by atoms with Gasteiger partial charge in [0.05, 0.1) is 19.0 Å². The fourth-order valence-corrected chi connectivity index (χ4v) is 2.20. The molecule has 0 aromatic carbocycles. The number of hydrogen-bond acceptors (Lipinski definition) is 4. The molecule has 4 nitrogen and oxygen atoms in total. The maximum Gasteiger partial charge on any atom is 0.160 e. The van der Waals surface area contributed by atoms with Crippen molar-refractivity contribution in [3.63, 3.8) is 0 Å². The van der Waals surface area contributed by atoms with Crippen LogP contribution in [-0.2, 0) is 4.79 Å². The van der Waals surface area contributed by atoms with Gasteiger partial charge < -0.3 is 4.90 Å². The Bertz CT molecular complexity index is 264. The van der Waals surface area contributed by atoms with Gasteiger partial charge in [-0.25, -0.2) is 0 Å². The van der Waals surface area contributed by atoms with Crippen molar-refractivity contribution in [1.82, 2.24) is 9.80 Å². The molecule has 1 saturated heterocycles. The first kappa shape index (κ1) is 13.1. The Hall–Kier alpha value is -0.920. The molecule has 90 valence electrons. The fraction of sp³-hybridized carbons (Fsp3) is 0.833. The summed E-state index contributed by atoms with van der Waals surface area (Å²) in [5.41, 5.74) is 0. The summed E-state index contributed by atoms with van der Waals surface area (Å²) < 4.78 is 0. The molecule has 0 radical (unpaired) electrons. The maximum absolute atomic E-state index is 11.3. The zero-order valence-electron chi connectivity index (χ0n) is 10.3.